The molecule has 1 heterocycles. The van der Waals surface area contributed by atoms with Crippen LogP contribution in [0.4, 0.5) is 5.69 Å². The minimum Gasteiger partial charge on any atom is -0.497 e. The zero-order valence-corrected chi connectivity index (χ0v) is 17.9. The second-order valence-electron chi connectivity index (χ2n) is 6.28. The van der Waals surface area contributed by atoms with Crippen LogP contribution < -0.4 is 24.8 Å². The van der Waals surface area contributed by atoms with Crippen molar-refractivity contribution in [1.29, 1.82) is 0 Å². The van der Waals surface area contributed by atoms with Gasteiger partial charge in [-0.1, -0.05) is 11.6 Å². The number of anilines is 1. The lowest BCUT2D eigenvalue weighted by Crippen LogP contribution is -2.24. The highest BCUT2D eigenvalue weighted by Crippen LogP contribution is 2.28. The number of ether oxygens (including phenoxy) is 3. The largest absolute Gasteiger partial charge is 0.497 e. The summed E-state index contributed by atoms with van der Waals surface area (Å²) in [6, 6.07) is 10.3. The molecule has 0 atom stereocenters. The van der Waals surface area contributed by atoms with Crippen LogP contribution in [0.2, 0.25) is 5.02 Å². The van der Waals surface area contributed by atoms with Gasteiger partial charge < -0.3 is 24.8 Å². The van der Waals surface area contributed by atoms with Gasteiger partial charge in [-0.25, -0.2) is 4.68 Å². The van der Waals surface area contributed by atoms with E-state index >= 15 is 0 Å². The number of hydrogen-bond acceptors (Lipinski definition) is 6. The molecular formula is C21H21ClN4O5. The quantitative estimate of drug-likeness (QED) is 0.492. The van der Waals surface area contributed by atoms with Crippen molar-refractivity contribution in [3.05, 3.63) is 58.9 Å². The fourth-order valence-corrected chi connectivity index (χ4v) is 3.15. The zero-order valence-electron chi connectivity index (χ0n) is 17.1. The van der Waals surface area contributed by atoms with Gasteiger partial charge in [0.05, 0.1) is 43.9 Å². The molecular weight excluding hydrogens is 424 g/mol. The highest BCUT2D eigenvalue weighted by Gasteiger charge is 2.18. The minimum absolute atomic E-state index is 0.0477. The fraction of sp³-hybridized carbons (Fsp3) is 0.190. The Kier molecular flexibility index (Phi) is 6.99. The van der Waals surface area contributed by atoms with E-state index in [1.807, 2.05) is 0 Å². The SMILES string of the molecule is COc1ccc(CNC(=O)c2nn(-c3ccc(OC)c(Cl)c3)cc2NC=O)c(OC)c1. The number of carbonyl (C=O) groups is 2. The number of rotatable bonds is 9. The fourth-order valence-electron chi connectivity index (χ4n) is 2.90. The molecule has 0 spiro atoms. The molecule has 10 heteroatoms. The standard InChI is InChI=1S/C21H21ClN4O5/c1-29-15-6-4-13(19(9-15)31-3)10-23-21(28)20-17(24-12-27)11-26(25-20)14-5-7-18(30-2)16(22)8-14/h4-9,11-12H,10H2,1-3H3,(H,23,28)(H,24,27). The topological polar surface area (TPSA) is 104 Å². The number of halogens is 1. The molecule has 2 N–H and O–H groups in total. The lowest BCUT2D eigenvalue weighted by atomic mass is 10.2. The number of methoxy groups -OCH3 is 3. The molecule has 9 nitrogen and oxygen atoms in total. The van der Waals surface area contributed by atoms with Gasteiger partial charge in [-0.3, -0.25) is 9.59 Å². The lowest BCUT2D eigenvalue weighted by molar-refractivity contribution is -0.105. The van der Waals surface area contributed by atoms with E-state index in [0.29, 0.717) is 34.4 Å². The molecule has 2 aromatic carbocycles. The first kappa shape index (κ1) is 22.0. The van der Waals surface area contributed by atoms with Crippen molar-refractivity contribution < 1.29 is 23.8 Å². The van der Waals surface area contributed by atoms with Gasteiger partial charge in [-0.15, -0.1) is 0 Å². The van der Waals surface area contributed by atoms with E-state index in [-0.39, 0.29) is 17.9 Å². The highest BCUT2D eigenvalue weighted by atomic mass is 35.5. The molecule has 0 aliphatic rings. The molecule has 31 heavy (non-hydrogen) atoms. The Labute approximate surface area is 183 Å². The van der Waals surface area contributed by atoms with Crippen LogP contribution in [0.25, 0.3) is 5.69 Å². The summed E-state index contributed by atoms with van der Waals surface area (Å²) in [4.78, 5) is 23.8. The predicted octanol–water partition coefficient (Wildman–Crippen LogP) is 3.05. The molecule has 1 aromatic heterocycles. The average molecular weight is 445 g/mol. The molecule has 3 aromatic rings. The summed E-state index contributed by atoms with van der Waals surface area (Å²) in [5.74, 6) is 1.25. The summed E-state index contributed by atoms with van der Waals surface area (Å²) in [6.45, 7) is 0.188. The van der Waals surface area contributed by atoms with Crippen molar-refractivity contribution in [2.75, 3.05) is 26.6 Å². The second-order valence-corrected chi connectivity index (χ2v) is 6.68. The van der Waals surface area contributed by atoms with Gasteiger partial charge in [0.2, 0.25) is 6.41 Å². The monoisotopic (exact) mass is 444 g/mol. The number of amides is 2. The summed E-state index contributed by atoms with van der Waals surface area (Å²) < 4.78 is 17.1. The van der Waals surface area contributed by atoms with Gasteiger partial charge >= 0.3 is 0 Å². The van der Waals surface area contributed by atoms with Crippen molar-refractivity contribution in [2.24, 2.45) is 0 Å². The van der Waals surface area contributed by atoms with Gasteiger partial charge in [0.1, 0.15) is 17.2 Å². The first-order valence-corrected chi connectivity index (χ1v) is 9.51. The number of carbonyl (C=O) groups excluding carboxylic acids is 2. The molecule has 0 bridgehead atoms. The van der Waals surface area contributed by atoms with Gasteiger partial charge in [0, 0.05) is 18.2 Å². The summed E-state index contributed by atoms with van der Waals surface area (Å²) in [5, 5.41) is 9.98. The molecule has 0 fully saturated rings. The van der Waals surface area contributed by atoms with Crippen molar-refractivity contribution >= 4 is 29.6 Å². The maximum Gasteiger partial charge on any atom is 0.274 e. The molecule has 0 aliphatic heterocycles. The van der Waals surface area contributed by atoms with E-state index in [1.54, 1.807) is 43.5 Å². The van der Waals surface area contributed by atoms with Crippen molar-refractivity contribution in [2.45, 2.75) is 6.54 Å². The van der Waals surface area contributed by atoms with Gasteiger partial charge in [-0.05, 0) is 30.3 Å². The van der Waals surface area contributed by atoms with Gasteiger partial charge in [-0.2, -0.15) is 5.10 Å². The maximum absolute atomic E-state index is 12.8. The van der Waals surface area contributed by atoms with Gasteiger partial charge in [0.25, 0.3) is 5.91 Å². The van der Waals surface area contributed by atoms with E-state index < -0.39 is 5.91 Å². The van der Waals surface area contributed by atoms with Gasteiger partial charge in [0.15, 0.2) is 5.69 Å². The van der Waals surface area contributed by atoms with E-state index in [9.17, 15) is 9.59 Å². The first-order chi connectivity index (χ1) is 15.0. The van der Waals surface area contributed by atoms with Crippen LogP contribution in [0.15, 0.2) is 42.6 Å². The summed E-state index contributed by atoms with van der Waals surface area (Å²) in [5.41, 5.74) is 1.64. The molecule has 0 radical (unpaired) electrons. The average Bonchev–Trinajstić information content (AvgIpc) is 3.21. The molecule has 0 saturated heterocycles. The third-order valence-electron chi connectivity index (χ3n) is 4.48. The number of nitrogens with one attached hydrogen (secondary N) is 2. The predicted molar refractivity (Wildman–Crippen MR) is 116 cm³/mol. The van der Waals surface area contributed by atoms with Crippen molar-refractivity contribution in [3.8, 4) is 22.9 Å². The smallest absolute Gasteiger partial charge is 0.274 e. The van der Waals surface area contributed by atoms with E-state index in [1.165, 1.54) is 25.1 Å². The Hall–Kier alpha value is -3.72. The van der Waals surface area contributed by atoms with Crippen molar-refractivity contribution in [1.82, 2.24) is 15.1 Å². The lowest BCUT2D eigenvalue weighted by Gasteiger charge is -2.11. The molecule has 162 valence electrons. The Morgan fingerprint density at radius 3 is 2.52 bits per heavy atom. The number of nitrogens with zero attached hydrogens (tertiary/aromatic N) is 2. The van der Waals surface area contributed by atoms with Crippen LogP contribution in [0, 0.1) is 0 Å². The number of hydrogen-bond donors (Lipinski definition) is 2. The van der Waals surface area contributed by atoms with Crippen LogP contribution in [0.1, 0.15) is 16.1 Å². The number of benzene rings is 2. The van der Waals surface area contributed by atoms with Crippen LogP contribution in [0.5, 0.6) is 17.2 Å². The molecule has 0 aliphatic carbocycles. The zero-order chi connectivity index (χ0) is 22.4. The maximum atomic E-state index is 12.8. The van der Waals surface area contributed by atoms with Crippen molar-refractivity contribution in [3.63, 3.8) is 0 Å². The Bertz CT molecular complexity index is 1100. The Morgan fingerprint density at radius 1 is 1.10 bits per heavy atom. The number of aromatic nitrogens is 2. The molecule has 2 amide bonds. The first-order valence-electron chi connectivity index (χ1n) is 9.13. The van der Waals surface area contributed by atoms with Crippen LogP contribution in [-0.4, -0.2) is 43.4 Å². The Morgan fingerprint density at radius 2 is 1.87 bits per heavy atom. The second kappa shape index (κ2) is 9.86. The highest BCUT2D eigenvalue weighted by molar-refractivity contribution is 6.32. The van der Waals surface area contributed by atoms with Crippen LogP contribution in [-0.2, 0) is 11.3 Å². The van der Waals surface area contributed by atoms with Crippen LogP contribution >= 0.6 is 11.6 Å². The molecule has 3 rings (SSSR count). The minimum atomic E-state index is -0.472. The third kappa shape index (κ3) is 4.89. The summed E-state index contributed by atoms with van der Waals surface area (Å²) in [7, 11) is 4.61. The third-order valence-corrected chi connectivity index (χ3v) is 4.77. The van der Waals surface area contributed by atoms with E-state index in [2.05, 4.69) is 15.7 Å². The normalized spacial score (nSPS) is 10.3. The molecule has 0 unspecified atom stereocenters. The van der Waals surface area contributed by atoms with E-state index in [4.69, 9.17) is 25.8 Å². The summed E-state index contributed by atoms with van der Waals surface area (Å²) in [6.07, 6.45) is 2.00. The molecule has 0 saturated carbocycles. The van der Waals surface area contributed by atoms with Crippen LogP contribution in [0.3, 0.4) is 0 Å². The Balaban J connectivity index is 1.84. The van der Waals surface area contributed by atoms with E-state index in [0.717, 1.165) is 5.56 Å². The summed E-state index contributed by atoms with van der Waals surface area (Å²) >= 11 is 6.18.